The topological polar surface area (TPSA) is 212 Å². The van der Waals surface area contributed by atoms with Gasteiger partial charge < -0.3 is 50.8 Å². The molecule has 56 heavy (non-hydrogen) atoms. The zero-order chi connectivity index (χ0) is 40.6. The average molecular weight is 777 g/mol. The molecule has 16 nitrogen and oxygen atoms in total. The molecule has 0 spiro atoms. The van der Waals surface area contributed by atoms with Gasteiger partial charge in [0, 0.05) is 26.2 Å². The van der Waals surface area contributed by atoms with Crippen LogP contribution in [0.2, 0.25) is 0 Å². The molecule has 2 atom stereocenters. The number of nitrogens with one attached hydrogen (secondary N) is 6. The molecule has 0 unspecified atom stereocenters. The maximum Gasteiger partial charge on any atom is 0.408 e. The molecule has 0 fully saturated rings. The van der Waals surface area contributed by atoms with E-state index in [2.05, 4.69) is 31.9 Å². The van der Waals surface area contributed by atoms with Gasteiger partial charge in [0.1, 0.15) is 37.5 Å². The highest BCUT2D eigenvalue weighted by Crippen LogP contribution is 2.09. The molecule has 0 aromatic heterocycles. The molecule has 302 valence electrons. The third-order valence-corrected chi connectivity index (χ3v) is 7.61. The van der Waals surface area contributed by atoms with Gasteiger partial charge >= 0.3 is 24.4 Å². The van der Waals surface area contributed by atoms with Gasteiger partial charge in [-0.1, -0.05) is 91.0 Å². The van der Waals surface area contributed by atoms with Gasteiger partial charge in [-0.3, -0.25) is 9.59 Å². The smallest absolute Gasteiger partial charge is 0.408 e. The monoisotopic (exact) mass is 776 g/mol. The summed E-state index contributed by atoms with van der Waals surface area (Å²) in [6.07, 6.45) is -2.68. The minimum Gasteiger partial charge on any atom is -0.445 e. The van der Waals surface area contributed by atoms with Crippen molar-refractivity contribution in [2.45, 2.75) is 77.5 Å². The van der Waals surface area contributed by atoms with Gasteiger partial charge in [-0.05, 0) is 56.7 Å². The van der Waals surface area contributed by atoms with Gasteiger partial charge in [0.05, 0.1) is 0 Å². The van der Waals surface area contributed by atoms with Gasteiger partial charge in [-0.15, -0.1) is 0 Å². The first-order chi connectivity index (χ1) is 26.9. The molecule has 0 aliphatic carbocycles. The number of hydrogen-bond donors (Lipinski definition) is 6. The highest BCUT2D eigenvalue weighted by Gasteiger charge is 2.28. The summed E-state index contributed by atoms with van der Waals surface area (Å²) in [5.41, 5.74) is 1.55. The third-order valence-electron chi connectivity index (χ3n) is 7.61. The molecule has 0 radical (unpaired) electrons. The van der Waals surface area contributed by atoms with Crippen LogP contribution >= 0.6 is 0 Å². The summed E-state index contributed by atoms with van der Waals surface area (Å²) in [6, 6.07) is 25.0. The first-order valence-electron chi connectivity index (χ1n) is 18.3. The van der Waals surface area contributed by atoms with E-state index in [1.807, 2.05) is 78.9 Å². The first kappa shape index (κ1) is 44.1. The summed E-state index contributed by atoms with van der Waals surface area (Å²) in [6.45, 7) is 5.26. The number of carbonyl (C=O) groups is 6. The molecule has 0 bridgehead atoms. The molecule has 0 aliphatic rings. The van der Waals surface area contributed by atoms with Crippen molar-refractivity contribution in [2.75, 3.05) is 26.2 Å². The van der Waals surface area contributed by atoms with E-state index in [0.29, 0.717) is 0 Å². The predicted molar refractivity (Wildman–Crippen MR) is 206 cm³/mol. The van der Waals surface area contributed by atoms with Crippen LogP contribution in [0.1, 0.15) is 56.7 Å². The van der Waals surface area contributed by atoms with Gasteiger partial charge in [0.2, 0.25) is 11.8 Å². The van der Waals surface area contributed by atoms with Crippen LogP contribution in [-0.2, 0) is 48.4 Å². The van der Waals surface area contributed by atoms with Crippen molar-refractivity contribution in [3.05, 3.63) is 108 Å². The average Bonchev–Trinajstić information content (AvgIpc) is 3.18. The van der Waals surface area contributed by atoms with E-state index in [-0.39, 0.29) is 65.3 Å². The van der Waals surface area contributed by atoms with Gasteiger partial charge in [-0.2, -0.15) is 0 Å². The highest BCUT2D eigenvalue weighted by molar-refractivity contribution is 5.91. The zero-order valence-corrected chi connectivity index (χ0v) is 32.0. The zero-order valence-electron chi connectivity index (χ0n) is 32.0. The summed E-state index contributed by atoms with van der Waals surface area (Å²) in [5.74, 6) is -1.33. The Bertz CT molecular complexity index is 1670. The van der Waals surface area contributed by atoms with E-state index >= 15 is 0 Å². The minimum absolute atomic E-state index is 0.0101. The van der Waals surface area contributed by atoms with Crippen molar-refractivity contribution >= 4 is 36.2 Å². The number of benzene rings is 3. The van der Waals surface area contributed by atoms with Crippen molar-refractivity contribution in [2.24, 2.45) is 0 Å². The second-order valence-electron chi connectivity index (χ2n) is 13.4. The Balaban J connectivity index is 1.58. The fraction of sp³-hybridized carbons (Fsp3) is 0.400. The Morgan fingerprint density at radius 2 is 0.893 bits per heavy atom. The lowest BCUT2D eigenvalue weighted by Gasteiger charge is -2.25. The van der Waals surface area contributed by atoms with Crippen LogP contribution in [0.5, 0.6) is 0 Å². The van der Waals surface area contributed by atoms with Crippen LogP contribution in [0.25, 0.3) is 0 Å². The maximum absolute atomic E-state index is 13.7. The van der Waals surface area contributed by atoms with E-state index < -0.39 is 53.9 Å². The predicted octanol–water partition coefficient (Wildman–Crippen LogP) is 4.43. The van der Waals surface area contributed by atoms with Crippen LogP contribution in [0.15, 0.2) is 91.0 Å². The summed E-state index contributed by atoms with van der Waals surface area (Å²) in [7, 11) is 0. The fourth-order valence-corrected chi connectivity index (χ4v) is 4.87. The van der Waals surface area contributed by atoms with Crippen molar-refractivity contribution in [3.63, 3.8) is 0 Å². The van der Waals surface area contributed by atoms with Crippen molar-refractivity contribution in [1.82, 2.24) is 31.9 Å². The van der Waals surface area contributed by atoms with E-state index in [4.69, 9.17) is 18.9 Å². The van der Waals surface area contributed by atoms with Crippen LogP contribution in [0.4, 0.5) is 19.2 Å². The normalized spacial score (nSPS) is 11.8. The van der Waals surface area contributed by atoms with Crippen LogP contribution in [-0.4, -0.2) is 80.1 Å². The third kappa shape index (κ3) is 19.1. The minimum atomic E-state index is -1.18. The number of ether oxygens (including phenoxy) is 4. The van der Waals surface area contributed by atoms with Gasteiger partial charge in [0.15, 0.2) is 0 Å². The molecule has 16 heteroatoms. The standard InChI is InChI=1S/C40H52N6O10/c1-40(2,3)56-39(52)46-32(20-13-22-42-36(49)53-26-29-14-7-4-8-15-29)35(48)45-33(21-23-43-37(50)54-27-30-16-9-5-10-17-30)34(47)41-24-25-44-38(51)55-28-31-18-11-6-12-19-31/h4-12,14-19,32-33H,13,20-28H2,1-3H3,(H,41,47)(H,42,49)(H,43,50)(H,44,51)(H,45,48)(H,46,52)/t32-,33-/m0/s1. The molecule has 6 N–H and O–H groups in total. The van der Waals surface area contributed by atoms with Crippen LogP contribution in [0, 0.1) is 0 Å². The molecular formula is C40H52N6O10. The van der Waals surface area contributed by atoms with Crippen LogP contribution < -0.4 is 31.9 Å². The summed E-state index contributed by atoms with van der Waals surface area (Å²) < 4.78 is 21.0. The molecule has 3 rings (SSSR count). The van der Waals surface area contributed by atoms with Crippen molar-refractivity contribution in [3.8, 4) is 0 Å². The Hall–Kier alpha value is -6.32. The van der Waals surface area contributed by atoms with E-state index in [1.165, 1.54) is 0 Å². The molecule has 0 heterocycles. The van der Waals surface area contributed by atoms with Crippen LogP contribution in [0.3, 0.4) is 0 Å². The highest BCUT2D eigenvalue weighted by atomic mass is 16.6. The quantitative estimate of drug-likeness (QED) is 0.0702. The summed E-state index contributed by atoms with van der Waals surface area (Å²) in [4.78, 5) is 76.5. The molecule has 3 aromatic rings. The lowest BCUT2D eigenvalue weighted by molar-refractivity contribution is -0.130. The SMILES string of the molecule is CC(C)(C)OC(=O)N[C@@H](CCCNC(=O)OCc1ccccc1)C(=O)N[C@@H](CCNC(=O)OCc1ccccc1)C(=O)NCCNC(=O)OCc1ccccc1. The number of carbonyl (C=O) groups excluding carboxylic acids is 6. The molecule has 3 aromatic carbocycles. The lowest BCUT2D eigenvalue weighted by atomic mass is 10.1. The summed E-state index contributed by atoms with van der Waals surface area (Å²) in [5, 5.41) is 15.6. The lowest BCUT2D eigenvalue weighted by Crippen LogP contribution is -2.55. The van der Waals surface area contributed by atoms with Gasteiger partial charge in [0.25, 0.3) is 0 Å². The molecule has 0 saturated carbocycles. The second kappa shape index (κ2) is 24.2. The van der Waals surface area contributed by atoms with E-state index in [1.54, 1.807) is 32.9 Å². The molecule has 0 saturated heterocycles. The second-order valence-corrected chi connectivity index (χ2v) is 13.4. The molecular weight excluding hydrogens is 724 g/mol. The number of amides is 6. The largest absolute Gasteiger partial charge is 0.445 e. The summed E-state index contributed by atoms with van der Waals surface area (Å²) >= 11 is 0. The Morgan fingerprint density at radius 3 is 1.36 bits per heavy atom. The number of hydrogen-bond acceptors (Lipinski definition) is 10. The van der Waals surface area contributed by atoms with Crippen molar-refractivity contribution < 1.29 is 47.7 Å². The van der Waals surface area contributed by atoms with E-state index in [0.717, 1.165) is 16.7 Å². The van der Waals surface area contributed by atoms with E-state index in [9.17, 15) is 28.8 Å². The number of rotatable bonds is 20. The maximum atomic E-state index is 13.7. The van der Waals surface area contributed by atoms with Gasteiger partial charge in [-0.25, -0.2) is 19.2 Å². The first-order valence-corrected chi connectivity index (χ1v) is 18.3. The fourth-order valence-electron chi connectivity index (χ4n) is 4.87. The molecule has 6 amide bonds. The Morgan fingerprint density at radius 1 is 0.482 bits per heavy atom. The Kier molecular flexibility index (Phi) is 19.0. The molecule has 0 aliphatic heterocycles. The van der Waals surface area contributed by atoms with Crippen molar-refractivity contribution in [1.29, 1.82) is 0 Å². The number of alkyl carbamates (subject to hydrolysis) is 4. The Labute approximate surface area is 326 Å².